The van der Waals surface area contributed by atoms with E-state index in [4.69, 9.17) is 4.42 Å². The highest BCUT2D eigenvalue weighted by Crippen LogP contribution is 2.23. The van der Waals surface area contributed by atoms with Crippen LogP contribution in [0.2, 0.25) is 0 Å². The second kappa shape index (κ2) is 4.26. The molecular formula is C15H15N2O+. The molecule has 3 rings (SSSR count). The summed E-state index contributed by atoms with van der Waals surface area (Å²) in [5.74, 6) is 0.679. The molecule has 90 valence electrons. The summed E-state index contributed by atoms with van der Waals surface area (Å²) >= 11 is 0. The molecule has 0 unspecified atom stereocenters. The van der Waals surface area contributed by atoms with Crippen molar-refractivity contribution in [1.29, 1.82) is 0 Å². The fourth-order valence-electron chi connectivity index (χ4n) is 1.97. The Hall–Kier alpha value is -2.16. The summed E-state index contributed by atoms with van der Waals surface area (Å²) in [6.45, 7) is 5.13. The third kappa shape index (κ3) is 1.88. The number of fused-ring (bicyclic) bond motifs is 1. The van der Waals surface area contributed by atoms with Crippen molar-refractivity contribution < 1.29 is 8.98 Å². The van der Waals surface area contributed by atoms with Gasteiger partial charge in [-0.1, -0.05) is 6.07 Å². The van der Waals surface area contributed by atoms with E-state index in [1.54, 1.807) is 0 Å². The fraction of sp³-hybridized carbons (Fsp3) is 0.200. The minimum absolute atomic E-state index is 0.679. The maximum atomic E-state index is 5.79. The van der Waals surface area contributed by atoms with Crippen molar-refractivity contribution in [2.75, 3.05) is 0 Å². The first-order chi connectivity index (χ1) is 8.76. The lowest BCUT2D eigenvalue weighted by Crippen LogP contribution is -2.30. The molecule has 0 atom stereocenters. The summed E-state index contributed by atoms with van der Waals surface area (Å²) < 4.78 is 7.90. The molecule has 0 saturated heterocycles. The Morgan fingerprint density at radius 2 is 1.94 bits per heavy atom. The van der Waals surface area contributed by atoms with Gasteiger partial charge in [0.2, 0.25) is 5.89 Å². The van der Waals surface area contributed by atoms with Crippen LogP contribution < -0.4 is 4.57 Å². The van der Waals surface area contributed by atoms with Gasteiger partial charge in [0.1, 0.15) is 12.1 Å². The van der Waals surface area contributed by atoms with Gasteiger partial charge in [-0.15, -0.1) is 0 Å². The maximum Gasteiger partial charge on any atom is 0.227 e. The second-order valence-electron chi connectivity index (χ2n) is 4.41. The van der Waals surface area contributed by atoms with E-state index < -0.39 is 0 Å². The lowest BCUT2D eigenvalue weighted by molar-refractivity contribution is -0.693. The van der Waals surface area contributed by atoms with Crippen molar-refractivity contribution in [3.63, 3.8) is 0 Å². The summed E-state index contributed by atoms with van der Waals surface area (Å²) in [5, 5.41) is 0. The molecule has 3 heteroatoms. The molecule has 0 aliphatic heterocycles. The van der Waals surface area contributed by atoms with Gasteiger partial charge in [0, 0.05) is 17.7 Å². The average Bonchev–Trinajstić information content (AvgIpc) is 2.81. The lowest BCUT2D eigenvalue weighted by atomic mass is 10.2. The van der Waals surface area contributed by atoms with E-state index in [1.165, 1.54) is 5.56 Å². The number of aromatic nitrogens is 2. The van der Waals surface area contributed by atoms with Crippen LogP contribution in [0.25, 0.3) is 22.6 Å². The van der Waals surface area contributed by atoms with Crippen molar-refractivity contribution in [2.45, 2.75) is 20.4 Å². The number of benzene rings is 1. The molecule has 3 aromatic rings. The number of hydrogen-bond acceptors (Lipinski definition) is 2. The lowest BCUT2D eigenvalue weighted by Gasteiger charge is -1.93. The quantitative estimate of drug-likeness (QED) is 0.643. The average molecular weight is 239 g/mol. The van der Waals surface area contributed by atoms with Crippen LogP contribution in [0.4, 0.5) is 0 Å². The Kier molecular flexibility index (Phi) is 2.59. The molecule has 0 fully saturated rings. The van der Waals surface area contributed by atoms with E-state index in [9.17, 15) is 0 Å². The molecule has 0 bridgehead atoms. The summed E-state index contributed by atoms with van der Waals surface area (Å²) in [6.07, 6.45) is 4.07. The molecule has 0 amide bonds. The van der Waals surface area contributed by atoms with E-state index in [-0.39, 0.29) is 0 Å². The summed E-state index contributed by atoms with van der Waals surface area (Å²) in [6, 6.07) is 10.1. The molecule has 0 N–H and O–H groups in total. The van der Waals surface area contributed by atoms with Gasteiger partial charge in [0.15, 0.2) is 18.0 Å². The minimum Gasteiger partial charge on any atom is -0.436 e. The number of pyridine rings is 1. The molecule has 0 aliphatic carbocycles. The molecule has 0 saturated carbocycles. The van der Waals surface area contributed by atoms with Crippen molar-refractivity contribution >= 4 is 11.1 Å². The standard InChI is InChI=1S/C15H15N2O/c1-3-17-8-6-12(7-9-17)15-16-13-5-4-11(2)10-14(13)18-15/h4-10H,3H2,1-2H3/q+1. The second-order valence-corrected chi connectivity index (χ2v) is 4.41. The van der Waals surface area contributed by atoms with Gasteiger partial charge in [-0.05, 0) is 31.5 Å². The summed E-state index contributed by atoms with van der Waals surface area (Å²) in [4.78, 5) is 4.50. The largest absolute Gasteiger partial charge is 0.436 e. The Morgan fingerprint density at radius 3 is 2.67 bits per heavy atom. The first-order valence-corrected chi connectivity index (χ1v) is 6.13. The van der Waals surface area contributed by atoms with Gasteiger partial charge in [0.25, 0.3) is 0 Å². The van der Waals surface area contributed by atoms with E-state index >= 15 is 0 Å². The minimum atomic E-state index is 0.679. The van der Waals surface area contributed by atoms with Crippen LogP contribution in [0.3, 0.4) is 0 Å². The number of oxazole rings is 1. The SMILES string of the molecule is CC[n+]1ccc(-c2nc3ccc(C)cc3o2)cc1. The van der Waals surface area contributed by atoms with Crippen molar-refractivity contribution in [3.05, 3.63) is 48.3 Å². The van der Waals surface area contributed by atoms with Crippen molar-refractivity contribution in [2.24, 2.45) is 0 Å². The first-order valence-electron chi connectivity index (χ1n) is 6.13. The molecule has 18 heavy (non-hydrogen) atoms. The number of nitrogens with zero attached hydrogens (tertiary/aromatic N) is 2. The van der Waals surface area contributed by atoms with Crippen molar-refractivity contribution in [3.8, 4) is 11.5 Å². The molecule has 3 nitrogen and oxygen atoms in total. The Labute approximate surface area is 106 Å². The van der Waals surface area contributed by atoms with E-state index in [0.717, 1.165) is 23.2 Å². The molecule has 0 radical (unpaired) electrons. The molecule has 0 spiro atoms. The monoisotopic (exact) mass is 239 g/mol. The van der Waals surface area contributed by atoms with Crippen LogP contribution in [0.1, 0.15) is 12.5 Å². The highest BCUT2D eigenvalue weighted by molar-refractivity contribution is 5.76. The van der Waals surface area contributed by atoms with Crippen LogP contribution in [0, 0.1) is 6.92 Å². The highest BCUT2D eigenvalue weighted by Gasteiger charge is 2.09. The topological polar surface area (TPSA) is 29.9 Å². The Morgan fingerprint density at radius 1 is 1.17 bits per heavy atom. The molecular weight excluding hydrogens is 224 g/mol. The fourth-order valence-corrected chi connectivity index (χ4v) is 1.97. The van der Waals surface area contributed by atoms with Gasteiger partial charge >= 0.3 is 0 Å². The van der Waals surface area contributed by atoms with Gasteiger partial charge in [-0.2, -0.15) is 0 Å². The van der Waals surface area contributed by atoms with Crippen LogP contribution in [-0.4, -0.2) is 4.98 Å². The predicted molar refractivity (Wildman–Crippen MR) is 70.1 cm³/mol. The summed E-state index contributed by atoms with van der Waals surface area (Å²) in [7, 11) is 0. The van der Waals surface area contributed by atoms with Crippen LogP contribution in [0.5, 0.6) is 0 Å². The third-order valence-electron chi connectivity index (χ3n) is 3.05. The van der Waals surface area contributed by atoms with E-state index in [1.807, 2.05) is 49.6 Å². The predicted octanol–water partition coefficient (Wildman–Crippen LogP) is 3.11. The molecule has 0 aliphatic rings. The normalized spacial score (nSPS) is 11.0. The molecule has 2 aromatic heterocycles. The molecule has 2 heterocycles. The van der Waals surface area contributed by atoms with Gasteiger partial charge in [-0.25, -0.2) is 9.55 Å². The zero-order chi connectivity index (χ0) is 12.5. The van der Waals surface area contributed by atoms with E-state index in [2.05, 4.69) is 16.5 Å². The third-order valence-corrected chi connectivity index (χ3v) is 3.05. The highest BCUT2D eigenvalue weighted by atomic mass is 16.3. The van der Waals surface area contributed by atoms with Crippen molar-refractivity contribution in [1.82, 2.24) is 4.98 Å². The van der Waals surface area contributed by atoms with Gasteiger partial charge < -0.3 is 4.42 Å². The first kappa shape index (κ1) is 11.0. The zero-order valence-corrected chi connectivity index (χ0v) is 10.6. The summed E-state index contributed by atoms with van der Waals surface area (Å²) in [5.41, 5.74) is 3.94. The zero-order valence-electron chi connectivity index (χ0n) is 10.6. The smallest absolute Gasteiger partial charge is 0.227 e. The van der Waals surface area contributed by atoms with E-state index in [0.29, 0.717) is 5.89 Å². The Bertz CT molecular complexity index is 683. The molecule has 1 aromatic carbocycles. The van der Waals surface area contributed by atoms with Crippen LogP contribution in [0.15, 0.2) is 47.1 Å². The number of hydrogen-bond donors (Lipinski definition) is 0. The van der Waals surface area contributed by atoms with Gasteiger partial charge in [-0.3, -0.25) is 0 Å². The maximum absolute atomic E-state index is 5.79. The van der Waals surface area contributed by atoms with Crippen LogP contribution in [-0.2, 0) is 6.54 Å². The van der Waals surface area contributed by atoms with Crippen LogP contribution >= 0.6 is 0 Å². The van der Waals surface area contributed by atoms with Gasteiger partial charge in [0.05, 0.1) is 0 Å². The number of aryl methyl sites for hydroxylation is 2. The Balaban J connectivity index is 2.07. The number of rotatable bonds is 2.